The number of hydrogen-bond donors (Lipinski definition) is 0. The molecule has 6 rings (SSSR count). The lowest BCUT2D eigenvalue weighted by Crippen LogP contribution is -2.19. The van der Waals surface area contributed by atoms with E-state index in [0.717, 1.165) is 21.0 Å². The van der Waals surface area contributed by atoms with Crippen LogP contribution in [0.15, 0.2) is 68.8 Å². The standard InChI is InChI=1S/C26H16N2O5S/c1-2-9-28-19-13-21-22(32-11-10-31-21)14-23(19)34-26(28)27-24(29)18-12-17-16-6-4-3-5-15(16)7-8-20(17)33-25(18)30/h1,3-8,12-14H,9-11H2. The molecule has 0 saturated heterocycles. The molecular weight excluding hydrogens is 452 g/mol. The van der Waals surface area contributed by atoms with Crippen molar-refractivity contribution in [1.29, 1.82) is 0 Å². The molecule has 0 atom stereocenters. The number of amides is 1. The monoisotopic (exact) mass is 468 g/mol. The highest BCUT2D eigenvalue weighted by Gasteiger charge is 2.18. The number of thiazole rings is 1. The number of rotatable bonds is 2. The maximum atomic E-state index is 13.2. The van der Waals surface area contributed by atoms with Crippen molar-refractivity contribution in [2.45, 2.75) is 6.54 Å². The van der Waals surface area contributed by atoms with Crippen molar-refractivity contribution in [3.63, 3.8) is 0 Å². The quantitative estimate of drug-likeness (QED) is 0.221. The second-order valence-corrected chi connectivity index (χ2v) is 8.71. The van der Waals surface area contributed by atoms with Crippen molar-refractivity contribution in [3.05, 3.63) is 75.4 Å². The van der Waals surface area contributed by atoms with Crippen LogP contribution < -0.4 is 19.9 Å². The van der Waals surface area contributed by atoms with Gasteiger partial charge < -0.3 is 18.5 Å². The first kappa shape index (κ1) is 20.3. The van der Waals surface area contributed by atoms with E-state index in [0.29, 0.717) is 40.5 Å². The number of carbonyl (C=O) groups is 1. The zero-order valence-corrected chi connectivity index (χ0v) is 18.6. The Labute approximate surface area is 196 Å². The second kappa shape index (κ2) is 7.90. The molecule has 0 aliphatic carbocycles. The van der Waals surface area contributed by atoms with Gasteiger partial charge in [-0.25, -0.2) is 4.79 Å². The normalized spacial score (nSPS) is 13.4. The Morgan fingerprint density at radius 2 is 1.85 bits per heavy atom. The highest BCUT2D eigenvalue weighted by atomic mass is 32.1. The van der Waals surface area contributed by atoms with E-state index in [-0.39, 0.29) is 12.1 Å². The van der Waals surface area contributed by atoms with E-state index in [1.807, 2.05) is 42.5 Å². The predicted octanol–water partition coefficient (Wildman–Crippen LogP) is 4.11. The molecule has 0 spiro atoms. The molecule has 2 aromatic heterocycles. The Morgan fingerprint density at radius 1 is 1.06 bits per heavy atom. The SMILES string of the molecule is C#CCn1c(=NC(=O)c2cc3c(ccc4ccccc43)oc2=O)sc2cc3c(cc21)OCCO3. The summed E-state index contributed by atoms with van der Waals surface area (Å²) >= 11 is 1.28. The number of benzene rings is 3. The average molecular weight is 468 g/mol. The summed E-state index contributed by atoms with van der Waals surface area (Å²) in [5.41, 5.74) is 0.309. The van der Waals surface area contributed by atoms with E-state index in [4.69, 9.17) is 20.3 Å². The van der Waals surface area contributed by atoms with Gasteiger partial charge in [0.05, 0.1) is 16.8 Å². The molecule has 34 heavy (non-hydrogen) atoms. The van der Waals surface area contributed by atoms with Gasteiger partial charge in [0.15, 0.2) is 16.3 Å². The minimum atomic E-state index is -0.738. The van der Waals surface area contributed by atoms with Crippen molar-refractivity contribution < 1.29 is 18.7 Å². The molecule has 5 aromatic rings. The molecule has 166 valence electrons. The zero-order valence-electron chi connectivity index (χ0n) is 17.7. The van der Waals surface area contributed by atoms with Gasteiger partial charge in [0, 0.05) is 17.5 Å². The minimum Gasteiger partial charge on any atom is -0.486 e. The molecule has 1 aliphatic heterocycles. The van der Waals surface area contributed by atoms with Gasteiger partial charge in [-0.15, -0.1) is 6.42 Å². The third kappa shape index (κ3) is 3.26. The number of fused-ring (bicyclic) bond motifs is 5. The van der Waals surface area contributed by atoms with Gasteiger partial charge in [-0.3, -0.25) is 4.79 Å². The smallest absolute Gasteiger partial charge is 0.349 e. The molecule has 0 unspecified atom stereocenters. The summed E-state index contributed by atoms with van der Waals surface area (Å²) in [6.45, 7) is 1.12. The first-order valence-corrected chi connectivity index (χ1v) is 11.3. The maximum absolute atomic E-state index is 13.2. The number of aromatic nitrogens is 1. The largest absolute Gasteiger partial charge is 0.486 e. The highest BCUT2D eigenvalue weighted by molar-refractivity contribution is 7.16. The van der Waals surface area contributed by atoms with Gasteiger partial charge in [0.1, 0.15) is 24.4 Å². The van der Waals surface area contributed by atoms with E-state index >= 15 is 0 Å². The third-order valence-electron chi connectivity index (χ3n) is 5.67. The van der Waals surface area contributed by atoms with E-state index in [1.54, 1.807) is 16.7 Å². The third-order valence-corrected chi connectivity index (χ3v) is 6.71. The van der Waals surface area contributed by atoms with Crippen LogP contribution in [0.2, 0.25) is 0 Å². The molecule has 3 aromatic carbocycles. The summed E-state index contributed by atoms with van der Waals surface area (Å²) in [7, 11) is 0. The molecule has 1 amide bonds. The van der Waals surface area contributed by atoms with Crippen LogP contribution in [0.1, 0.15) is 10.4 Å². The van der Waals surface area contributed by atoms with Crippen molar-refractivity contribution in [2.24, 2.45) is 4.99 Å². The lowest BCUT2D eigenvalue weighted by Gasteiger charge is -2.18. The molecule has 0 fully saturated rings. The first-order valence-electron chi connectivity index (χ1n) is 10.5. The fraction of sp³-hybridized carbons (Fsp3) is 0.115. The van der Waals surface area contributed by atoms with Gasteiger partial charge in [0.25, 0.3) is 5.91 Å². The Hall–Kier alpha value is -4.35. The summed E-state index contributed by atoms with van der Waals surface area (Å²) in [5.74, 6) is 3.15. The molecule has 0 saturated carbocycles. The van der Waals surface area contributed by atoms with Crippen molar-refractivity contribution in [2.75, 3.05) is 13.2 Å². The molecule has 0 radical (unpaired) electrons. The van der Waals surface area contributed by atoms with Gasteiger partial charge in [-0.05, 0) is 22.9 Å². The number of ether oxygens (including phenoxy) is 2. The van der Waals surface area contributed by atoms with Crippen LogP contribution in [0.4, 0.5) is 0 Å². The molecular formula is C26H16N2O5S. The number of nitrogens with zero attached hydrogens (tertiary/aromatic N) is 2. The minimum absolute atomic E-state index is 0.139. The van der Waals surface area contributed by atoms with Gasteiger partial charge in [-0.1, -0.05) is 47.6 Å². The van der Waals surface area contributed by atoms with Crippen LogP contribution in [-0.2, 0) is 6.54 Å². The molecule has 7 nitrogen and oxygen atoms in total. The van der Waals surface area contributed by atoms with Crippen molar-refractivity contribution >= 4 is 49.2 Å². The van der Waals surface area contributed by atoms with Crippen LogP contribution in [0, 0.1) is 12.3 Å². The Morgan fingerprint density at radius 3 is 2.68 bits per heavy atom. The number of hydrogen-bond acceptors (Lipinski definition) is 6. The fourth-order valence-electron chi connectivity index (χ4n) is 4.10. The van der Waals surface area contributed by atoms with Crippen LogP contribution in [0.5, 0.6) is 11.5 Å². The molecule has 0 bridgehead atoms. The summed E-state index contributed by atoms with van der Waals surface area (Å²) in [6.07, 6.45) is 5.58. The lowest BCUT2D eigenvalue weighted by molar-refractivity contribution is 0.0994. The fourth-order valence-corrected chi connectivity index (χ4v) is 5.14. The lowest BCUT2D eigenvalue weighted by atomic mass is 10.0. The van der Waals surface area contributed by atoms with Crippen LogP contribution in [-0.4, -0.2) is 23.7 Å². The van der Waals surface area contributed by atoms with E-state index in [9.17, 15) is 9.59 Å². The van der Waals surface area contributed by atoms with Gasteiger partial charge >= 0.3 is 5.63 Å². The molecule has 3 heterocycles. The number of terminal acetylenes is 1. The predicted molar refractivity (Wildman–Crippen MR) is 130 cm³/mol. The Balaban J connectivity index is 1.53. The van der Waals surface area contributed by atoms with Gasteiger partial charge in [-0.2, -0.15) is 4.99 Å². The van der Waals surface area contributed by atoms with Crippen LogP contribution in [0.25, 0.3) is 32.0 Å². The summed E-state index contributed by atoms with van der Waals surface area (Å²) in [4.78, 5) is 30.4. The molecule has 8 heteroatoms. The molecule has 1 aliphatic rings. The summed E-state index contributed by atoms with van der Waals surface area (Å²) < 4.78 is 19.4. The molecule has 0 N–H and O–H groups in total. The van der Waals surface area contributed by atoms with E-state index < -0.39 is 11.5 Å². The van der Waals surface area contributed by atoms with Crippen LogP contribution >= 0.6 is 11.3 Å². The number of carbonyl (C=O) groups excluding carboxylic acids is 1. The van der Waals surface area contributed by atoms with Crippen molar-refractivity contribution in [3.8, 4) is 23.8 Å². The Kier molecular flexibility index (Phi) is 4.71. The average Bonchev–Trinajstić information content (AvgIpc) is 3.17. The topological polar surface area (TPSA) is 83.0 Å². The maximum Gasteiger partial charge on any atom is 0.349 e. The zero-order chi connectivity index (χ0) is 23.2. The first-order chi connectivity index (χ1) is 16.6. The second-order valence-electron chi connectivity index (χ2n) is 7.70. The van der Waals surface area contributed by atoms with Gasteiger partial charge in [0.2, 0.25) is 0 Å². The van der Waals surface area contributed by atoms with Crippen molar-refractivity contribution in [1.82, 2.24) is 4.57 Å². The Bertz CT molecular complexity index is 1800. The van der Waals surface area contributed by atoms with E-state index in [2.05, 4.69) is 10.9 Å². The van der Waals surface area contributed by atoms with Crippen LogP contribution in [0.3, 0.4) is 0 Å². The van der Waals surface area contributed by atoms with E-state index in [1.165, 1.54) is 11.3 Å². The summed E-state index contributed by atoms with van der Waals surface area (Å²) in [6, 6.07) is 16.5. The summed E-state index contributed by atoms with van der Waals surface area (Å²) in [5, 5.41) is 2.53. The highest BCUT2D eigenvalue weighted by Crippen LogP contribution is 2.35.